The Kier molecular flexibility index (Phi) is 3.14. The van der Waals surface area contributed by atoms with Crippen molar-refractivity contribution in [3.8, 4) is 0 Å². The molecule has 0 saturated heterocycles. The Hall–Kier alpha value is -1.44. The largest absolute Gasteiger partial charge is 0.384 e. The zero-order chi connectivity index (χ0) is 12.6. The number of aromatic nitrogens is 2. The first-order valence-corrected chi connectivity index (χ1v) is 5.59. The molecule has 2 rings (SSSR count). The van der Waals surface area contributed by atoms with Crippen LogP contribution in [0.25, 0.3) is 10.9 Å². The van der Waals surface area contributed by atoms with E-state index in [1.165, 1.54) is 0 Å². The molecule has 0 aliphatic rings. The smallest absolute Gasteiger partial charge is 0.249 e. The molecule has 0 radical (unpaired) electrons. The molecule has 5 N–H and O–H groups in total. The molecule has 7 heteroatoms. The average Bonchev–Trinajstić information content (AvgIpc) is 2.69. The summed E-state index contributed by atoms with van der Waals surface area (Å²) in [6.07, 6.45) is -3.08. The van der Waals surface area contributed by atoms with Gasteiger partial charge in [0.25, 0.3) is 0 Å². The first-order valence-electron chi connectivity index (χ1n) is 4.79. The van der Waals surface area contributed by atoms with Gasteiger partial charge in [0.2, 0.25) is 5.91 Å². The van der Waals surface area contributed by atoms with E-state index in [9.17, 15) is 15.0 Å². The number of nitrogens with one attached hydrogen (secondary N) is 1. The van der Waals surface area contributed by atoms with Gasteiger partial charge in [-0.1, -0.05) is 15.9 Å². The van der Waals surface area contributed by atoms with Gasteiger partial charge in [-0.05, 0) is 18.2 Å². The van der Waals surface area contributed by atoms with E-state index < -0.39 is 18.1 Å². The van der Waals surface area contributed by atoms with Gasteiger partial charge >= 0.3 is 0 Å². The van der Waals surface area contributed by atoms with Crippen LogP contribution >= 0.6 is 15.9 Å². The summed E-state index contributed by atoms with van der Waals surface area (Å²) in [7, 11) is 0. The average molecular weight is 300 g/mol. The molecule has 2 aromatic rings. The van der Waals surface area contributed by atoms with Gasteiger partial charge in [0.05, 0.1) is 11.2 Å². The Bertz CT molecular complexity index is 569. The maximum absolute atomic E-state index is 10.8. The molecule has 0 spiro atoms. The van der Waals surface area contributed by atoms with Gasteiger partial charge < -0.3 is 15.9 Å². The molecular formula is C10H10BrN3O3. The van der Waals surface area contributed by atoms with Crippen LogP contribution in [0.2, 0.25) is 0 Å². The lowest BCUT2D eigenvalue weighted by molar-refractivity contribution is -0.132. The lowest BCUT2D eigenvalue weighted by Crippen LogP contribution is -2.34. The molecule has 1 heterocycles. The topological polar surface area (TPSA) is 112 Å². The number of nitrogens with two attached hydrogens (primary N) is 1. The van der Waals surface area contributed by atoms with E-state index in [-0.39, 0.29) is 5.69 Å². The summed E-state index contributed by atoms with van der Waals surface area (Å²) in [5.74, 6) is -0.989. The number of primary amides is 1. The molecule has 0 saturated carbocycles. The van der Waals surface area contributed by atoms with Crippen molar-refractivity contribution in [2.45, 2.75) is 12.2 Å². The lowest BCUT2D eigenvalue weighted by Gasteiger charge is -2.13. The van der Waals surface area contributed by atoms with Gasteiger partial charge in [0, 0.05) is 9.86 Å². The van der Waals surface area contributed by atoms with E-state index in [4.69, 9.17) is 5.73 Å². The van der Waals surface area contributed by atoms with Crippen molar-refractivity contribution in [2.75, 3.05) is 0 Å². The summed E-state index contributed by atoms with van der Waals surface area (Å²) < 4.78 is 0.841. The summed E-state index contributed by atoms with van der Waals surface area (Å²) in [6.45, 7) is 0. The van der Waals surface area contributed by atoms with Gasteiger partial charge in [-0.2, -0.15) is 5.10 Å². The number of halogens is 1. The molecule has 90 valence electrons. The SMILES string of the molecule is NC(=O)C(O)C(O)c1[nH]nc2cc(Br)ccc12. The Morgan fingerprint density at radius 3 is 2.82 bits per heavy atom. The number of aromatic amines is 1. The summed E-state index contributed by atoms with van der Waals surface area (Å²) in [4.78, 5) is 10.8. The number of H-pyrrole nitrogens is 1. The summed E-state index contributed by atoms with van der Waals surface area (Å²) >= 11 is 3.29. The zero-order valence-electron chi connectivity index (χ0n) is 8.59. The molecular weight excluding hydrogens is 290 g/mol. The summed E-state index contributed by atoms with van der Waals surface area (Å²) in [5, 5.41) is 26.4. The lowest BCUT2D eigenvalue weighted by atomic mass is 10.1. The predicted molar refractivity (Wildman–Crippen MR) is 64.0 cm³/mol. The number of amides is 1. The van der Waals surface area contributed by atoms with Crippen molar-refractivity contribution >= 4 is 32.7 Å². The number of carbonyl (C=O) groups excluding carboxylic acids is 1. The molecule has 0 aliphatic carbocycles. The minimum absolute atomic E-state index is 0.263. The Balaban J connectivity index is 2.46. The first-order chi connectivity index (χ1) is 8.00. The van der Waals surface area contributed by atoms with Crippen molar-refractivity contribution in [3.05, 3.63) is 28.4 Å². The van der Waals surface area contributed by atoms with Crippen LogP contribution in [0.3, 0.4) is 0 Å². The normalized spacial score (nSPS) is 14.8. The summed E-state index contributed by atoms with van der Waals surface area (Å²) in [5.41, 5.74) is 5.80. The highest BCUT2D eigenvalue weighted by Crippen LogP contribution is 2.26. The molecule has 17 heavy (non-hydrogen) atoms. The van der Waals surface area contributed by atoms with Crippen LogP contribution in [0.15, 0.2) is 22.7 Å². The van der Waals surface area contributed by atoms with Crippen molar-refractivity contribution in [2.24, 2.45) is 5.73 Å². The third-order valence-corrected chi connectivity index (χ3v) is 2.93. The van der Waals surface area contributed by atoms with E-state index >= 15 is 0 Å². The minimum Gasteiger partial charge on any atom is -0.384 e. The number of hydrogen-bond donors (Lipinski definition) is 4. The third-order valence-electron chi connectivity index (χ3n) is 2.43. The van der Waals surface area contributed by atoms with Crippen molar-refractivity contribution in [1.82, 2.24) is 10.2 Å². The van der Waals surface area contributed by atoms with Gasteiger partial charge in [-0.25, -0.2) is 0 Å². The number of aliphatic hydroxyl groups is 2. The Morgan fingerprint density at radius 1 is 1.47 bits per heavy atom. The number of hydrogen-bond acceptors (Lipinski definition) is 4. The van der Waals surface area contributed by atoms with Crippen LogP contribution in [0.1, 0.15) is 11.8 Å². The standard InChI is InChI=1S/C10H10BrN3O3/c11-4-1-2-5-6(3-4)13-14-7(5)8(15)9(16)10(12)17/h1-3,8-9,15-16H,(H2,12,17)(H,13,14). The molecule has 6 nitrogen and oxygen atoms in total. The molecule has 0 fully saturated rings. The maximum Gasteiger partial charge on any atom is 0.249 e. The number of nitrogens with zero attached hydrogens (tertiary/aromatic N) is 1. The van der Waals surface area contributed by atoms with E-state index in [2.05, 4.69) is 26.1 Å². The second-order valence-corrected chi connectivity index (χ2v) is 4.51. The number of rotatable bonds is 3. The highest BCUT2D eigenvalue weighted by molar-refractivity contribution is 9.10. The van der Waals surface area contributed by atoms with Crippen LogP contribution in [0, 0.1) is 0 Å². The van der Waals surface area contributed by atoms with Gasteiger partial charge in [-0.3, -0.25) is 9.89 Å². The van der Waals surface area contributed by atoms with Crippen molar-refractivity contribution < 1.29 is 15.0 Å². The van der Waals surface area contributed by atoms with Crippen molar-refractivity contribution in [3.63, 3.8) is 0 Å². The molecule has 1 amide bonds. The predicted octanol–water partition coefficient (Wildman–Crippen LogP) is 0.205. The highest BCUT2D eigenvalue weighted by atomic mass is 79.9. The van der Waals surface area contributed by atoms with Crippen LogP contribution in [0.4, 0.5) is 0 Å². The third kappa shape index (κ3) is 2.17. The minimum atomic E-state index is -1.66. The number of carbonyl (C=O) groups is 1. The fraction of sp³-hybridized carbons (Fsp3) is 0.200. The van der Waals surface area contributed by atoms with E-state index in [1.807, 2.05) is 0 Å². The number of benzene rings is 1. The van der Waals surface area contributed by atoms with Crippen LogP contribution in [-0.4, -0.2) is 32.4 Å². The van der Waals surface area contributed by atoms with Crippen LogP contribution in [0.5, 0.6) is 0 Å². The van der Waals surface area contributed by atoms with Crippen molar-refractivity contribution in [1.29, 1.82) is 0 Å². The molecule has 0 aliphatic heterocycles. The Labute approximate surface area is 105 Å². The molecule has 2 unspecified atom stereocenters. The molecule has 0 bridgehead atoms. The van der Waals surface area contributed by atoms with Gasteiger partial charge in [-0.15, -0.1) is 0 Å². The second-order valence-electron chi connectivity index (χ2n) is 3.59. The van der Waals surface area contributed by atoms with Gasteiger partial charge in [0.1, 0.15) is 6.10 Å². The van der Waals surface area contributed by atoms with Crippen LogP contribution in [-0.2, 0) is 4.79 Å². The second kappa shape index (κ2) is 4.44. The van der Waals surface area contributed by atoms with Gasteiger partial charge in [0.15, 0.2) is 6.10 Å². The van der Waals surface area contributed by atoms with Crippen LogP contribution < -0.4 is 5.73 Å². The fourth-order valence-corrected chi connectivity index (χ4v) is 1.89. The monoisotopic (exact) mass is 299 g/mol. The number of fused-ring (bicyclic) bond motifs is 1. The maximum atomic E-state index is 10.8. The Morgan fingerprint density at radius 2 is 2.18 bits per heavy atom. The van der Waals surface area contributed by atoms with E-state index in [0.29, 0.717) is 10.9 Å². The molecule has 2 atom stereocenters. The fourth-order valence-electron chi connectivity index (χ4n) is 1.54. The number of aliphatic hydroxyl groups excluding tert-OH is 2. The van der Waals surface area contributed by atoms with E-state index in [1.54, 1.807) is 18.2 Å². The highest BCUT2D eigenvalue weighted by Gasteiger charge is 2.26. The molecule has 1 aromatic carbocycles. The molecule has 1 aromatic heterocycles. The first kappa shape index (κ1) is 12.0. The summed E-state index contributed by atoms with van der Waals surface area (Å²) in [6, 6.07) is 5.23. The zero-order valence-corrected chi connectivity index (χ0v) is 10.2. The van der Waals surface area contributed by atoms with E-state index in [0.717, 1.165) is 4.47 Å². The quantitative estimate of drug-likeness (QED) is 0.649.